The average Bonchev–Trinajstić information content (AvgIpc) is 2.87. The minimum atomic E-state index is -0.846. The van der Waals surface area contributed by atoms with E-state index in [9.17, 15) is 4.79 Å². The quantitative estimate of drug-likeness (QED) is 0.917. The van der Waals surface area contributed by atoms with Gasteiger partial charge in [-0.15, -0.1) is 0 Å². The molecule has 1 heterocycles. The van der Waals surface area contributed by atoms with Crippen LogP contribution in [0, 0.1) is 0 Å². The Morgan fingerprint density at radius 1 is 1.24 bits per heavy atom. The van der Waals surface area contributed by atoms with Gasteiger partial charge in [0, 0.05) is 6.42 Å². The minimum absolute atomic E-state index is 0.00255. The number of carbonyl (C=O) groups is 1. The lowest BCUT2D eigenvalue weighted by molar-refractivity contribution is -0.136. The summed E-state index contributed by atoms with van der Waals surface area (Å²) in [4.78, 5) is 10.7. The van der Waals surface area contributed by atoms with E-state index in [0.717, 1.165) is 17.7 Å². The molecule has 3 rings (SSSR count). The van der Waals surface area contributed by atoms with E-state index in [-0.39, 0.29) is 12.5 Å². The normalized spacial score (nSPS) is 16.1. The molecule has 4 nitrogen and oxygen atoms in total. The lowest BCUT2D eigenvalue weighted by atomic mass is 10.1. The fraction of sp³-hybridized carbons (Fsp3) is 0.235. The standard InChI is InChI=1S/C17H16O4/c18-17(19)9-12-4-3-6-14(8-12)20-11-15-10-13-5-1-2-7-16(13)21-15/h1-8,15H,9-11H2,(H,18,19). The van der Waals surface area contributed by atoms with E-state index >= 15 is 0 Å². The van der Waals surface area contributed by atoms with Crippen molar-refractivity contribution in [3.8, 4) is 11.5 Å². The van der Waals surface area contributed by atoms with Crippen LogP contribution in [0.3, 0.4) is 0 Å². The van der Waals surface area contributed by atoms with E-state index in [1.807, 2.05) is 24.3 Å². The van der Waals surface area contributed by atoms with Gasteiger partial charge in [0.2, 0.25) is 0 Å². The van der Waals surface area contributed by atoms with Crippen LogP contribution in [-0.2, 0) is 17.6 Å². The maximum atomic E-state index is 10.7. The van der Waals surface area contributed by atoms with Crippen molar-refractivity contribution >= 4 is 5.97 Å². The molecule has 2 aromatic carbocycles. The van der Waals surface area contributed by atoms with Crippen molar-refractivity contribution in [3.63, 3.8) is 0 Å². The fourth-order valence-electron chi connectivity index (χ4n) is 2.46. The summed E-state index contributed by atoms with van der Waals surface area (Å²) in [5, 5.41) is 8.80. The predicted octanol–water partition coefficient (Wildman–Crippen LogP) is 2.70. The highest BCUT2D eigenvalue weighted by Gasteiger charge is 2.22. The Balaban J connectivity index is 1.58. The van der Waals surface area contributed by atoms with Crippen LogP contribution in [-0.4, -0.2) is 23.8 Å². The largest absolute Gasteiger partial charge is 0.490 e. The summed E-state index contributed by atoms with van der Waals surface area (Å²) in [7, 11) is 0. The molecule has 4 heteroatoms. The molecular formula is C17H16O4. The Labute approximate surface area is 122 Å². The van der Waals surface area contributed by atoms with Crippen LogP contribution in [0.25, 0.3) is 0 Å². The molecule has 21 heavy (non-hydrogen) atoms. The molecular weight excluding hydrogens is 268 g/mol. The lowest BCUT2D eigenvalue weighted by Crippen LogP contribution is -2.22. The predicted molar refractivity (Wildman–Crippen MR) is 77.8 cm³/mol. The molecule has 1 aliphatic rings. The number of fused-ring (bicyclic) bond motifs is 1. The molecule has 0 spiro atoms. The van der Waals surface area contributed by atoms with Crippen molar-refractivity contribution in [2.75, 3.05) is 6.61 Å². The summed E-state index contributed by atoms with van der Waals surface area (Å²) in [6.07, 6.45) is 0.846. The fourth-order valence-corrected chi connectivity index (χ4v) is 2.46. The molecule has 0 aromatic heterocycles. The van der Waals surface area contributed by atoms with Crippen LogP contribution < -0.4 is 9.47 Å². The van der Waals surface area contributed by atoms with E-state index in [2.05, 4.69) is 6.07 Å². The molecule has 0 radical (unpaired) electrons. The number of hydrogen-bond acceptors (Lipinski definition) is 3. The van der Waals surface area contributed by atoms with E-state index in [4.69, 9.17) is 14.6 Å². The van der Waals surface area contributed by atoms with Crippen LogP contribution >= 0.6 is 0 Å². The third-order valence-corrected chi connectivity index (χ3v) is 3.40. The summed E-state index contributed by atoms with van der Waals surface area (Å²) >= 11 is 0. The zero-order chi connectivity index (χ0) is 14.7. The molecule has 0 saturated carbocycles. The molecule has 1 unspecified atom stereocenters. The molecule has 1 N–H and O–H groups in total. The number of carboxylic acids is 1. The van der Waals surface area contributed by atoms with Crippen molar-refractivity contribution in [2.45, 2.75) is 18.9 Å². The number of carboxylic acid groups (broad SMARTS) is 1. The van der Waals surface area contributed by atoms with Crippen LogP contribution in [0.4, 0.5) is 0 Å². The summed E-state index contributed by atoms with van der Waals surface area (Å²) in [6.45, 7) is 0.450. The van der Waals surface area contributed by atoms with Gasteiger partial charge in [-0.3, -0.25) is 4.79 Å². The first kappa shape index (κ1) is 13.5. The molecule has 0 aliphatic carbocycles. The minimum Gasteiger partial charge on any atom is -0.490 e. The first-order valence-corrected chi connectivity index (χ1v) is 6.89. The zero-order valence-electron chi connectivity index (χ0n) is 11.5. The molecule has 0 saturated heterocycles. The van der Waals surface area contributed by atoms with Gasteiger partial charge in [-0.25, -0.2) is 0 Å². The number of hydrogen-bond donors (Lipinski definition) is 1. The maximum absolute atomic E-state index is 10.7. The second kappa shape index (κ2) is 5.87. The Morgan fingerprint density at radius 3 is 2.90 bits per heavy atom. The molecule has 0 bridgehead atoms. The number of ether oxygens (including phenoxy) is 2. The van der Waals surface area contributed by atoms with Crippen LogP contribution in [0.1, 0.15) is 11.1 Å². The topological polar surface area (TPSA) is 55.8 Å². The van der Waals surface area contributed by atoms with Gasteiger partial charge in [-0.05, 0) is 29.3 Å². The monoisotopic (exact) mass is 284 g/mol. The summed E-state index contributed by atoms with van der Waals surface area (Å²) in [5.74, 6) is 0.751. The number of aliphatic carboxylic acids is 1. The number of rotatable bonds is 5. The van der Waals surface area contributed by atoms with Crippen LogP contribution in [0.15, 0.2) is 48.5 Å². The molecule has 2 aromatic rings. The first-order chi connectivity index (χ1) is 10.2. The highest BCUT2D eigenvalue weighted by Crippen LogP contribution is 2.28. The van der Waals surface area contributed by atoms with Gasteiger partial charge < -0.3 is 14.6 Å². The highest BCUT2D eigenvalue weighted by atomic mass is 16.5. The van der Waals surface area contributed by atoms with Crippen molar-refractivity contribution < 1.29 is 19.4 Å². The van der Waals surface area contributed by atoms with Gasteiger partial charge in [0.05, 0.1) is 6.42 Å². The third kappa shape index (κ3) is 3.34. The molecule has 1 aliphatic heterocycles. The van der Waals surface area contributed by atoms with E-state index in [1.165, 1.54) is 5.56 Å². The van der Waals surface area contributed by atoms with Crippen molar-refractivity contribution in [3.05, 3.63) is 59.7 Å². The third-order valence-electron chi connectivity index (χ3n) is 3.40. The van der Waals surface area contributed by atoms with E-state index < -0.39 is 5.97 Å². The van der Waals surface area contributed by atoms with E-state index in [1.54, 1.807) is 18.2 Å². The average molecular weight is 284 g/mol. The van der Waals surface area contributed by atoms with Gasteiger partial charge in [-0.2, -0.15) is 0 Å². The number of para-hydroxylation sites is 1. The Hall–Kier alpha value is -2.49. The van der Waals surface area contributed by atoms with Crippen molar-refractivity contribution in [1.29, 1.82) is 0 Å². The van der Waals surface area contributed by atoms with Gasteiger partial charge >= 0.3 is 5.97 Å². The Bertz CT molecular complexity index is 626. The summed E-state index contributed by atoms with van der Waals surface area (Å²) in [6, 6.07) is 15.1. The second-order valence-electron chi connectivity index (χ2n) is 5.08. The summed E-state index contributed by atoms with van der Waals surface area (Å²) < 4.78 is 11.5. The zero-order valence-corrected chi connectivity index (χ0v) is 11.5. The highest BCUT2D eigenvalue weighted by molar-refractivity contribution is 5.70. The lowest BCUT2D eigenvalue weighted by Gasteiger charge is -2.13. The second-order valence-corrected chi connectivity index (χ2v) is 5.08. The van der Waals surface area contributed by atoms with Gasteiger partial charge in [-0.1, -0.05) is 30.3 Å². The molecule has 0 amide bonds. The maximum Gasteiger partial charge on any atom is 0.307 e. The summed E-state index contributed by atoms with van der Waals surface area (Å²) in [5.41, 5.74) is 1.93. The Kier molecular flexibility index (Phi) is 3.77. The van der Waals surface area contributed by atoms with Crippen LogP contribution in [0.2, 0.25) is 0 Å². The van der Waals surface area contributed by atoms with Crippen molar-refractivity contribution in [1.82, 2.24) is 0 Å². The first-order valence-electron chi connectivity index (χ1n) is 6.89. The van der Waals surface area contributed by atoms with Gasteiger partial charge in [0.25, 0.3) is 0 Å². The van der Waals surface area contributed by atoms with E-state index in [0.29, 0.717) is 12.4 Å². The van der Waals surface area contributed by atoms with Crippen LogP contribution in [0.5, 0.6) is 11.5 Å². The van der Waals surface area contributed by atoms with Gasteiger partial charge in [0.15, 0.2) is 0 Å². The molecule has 1 atom stereocenters. The Morgan fingerprint density at radius 2 is 2.10 bits per heavy atom. The smallest absolute Gasteiger partial charge is 0.307 e. The molecule has 0 fully saturated rings. The van der Waals surface area contributed by atoms with Crippen molar-refractivity contribution in [2.24, 2.45) is 0 Å². The molecule has 108 valence electrons. The van der Waals surface area contributed by atoms with Gasteiger partial charge in [0.1, 0.15) is 24.2 Å². The number of benzene rings is 2. The SMILES string of the molecule is O=C(O)Cc1cccc(OCC2Cc3ccccc3O2)c1.